The molecule has 1 aliphatic heterocycles. The van der Waals surface area contributed by atoms with Gasteiger partial charge in [-0.1, -0.05) is 18.6 Å². The summed E-state index contributed by atoms with van der Waals surface area (Å²) in [7, 11) is 0. The van der Waals surface area contributed by atoms with E-state index in [1.807, 2.05) is 25.1 Å². The Kier molecular flexibility index (Phi) is 3.70. The largest absolute Gasteiger partial charge is 0.478 e. The summed E-state index contributed by atoms with van der Waals surface area (Å²) in [5.74, 6) is -4.38. The molecule has 1 aliphatic rings. The first-order chi connectivity index (χ1) is 10.8. The van der Waals surface area contributed by atoms with Gasteiger partial charge < -0.3 is 10.0 Å². The van der Waals surface area contributed by atoms with Crippen molar-refractivity contribution in [2.75, 3.05) is 18.0 Å². The molecule has 6 heteroatoms. The van der Waals surface area contributed by atoms with Crippen LogP contribution < -0.4 is 4.90 Å². The number of carboxylic acid groups (broad SMARTS) is 1. The summed E-state index contributed by atoms with van der Waals surface area (Å²) < 4.78 is 27.4. The lowest BCUT2D eigenvalue weighted by Gasteiger charge is -2.37. The Balaban J connectivity index is 2.07. The normalized spacial score (nSPS) is 20.7. The summed E-state index contributed by atoms with van der Waals surface area (Å²) in [5, 5.41) is 10.2. The number of aromatic nitrogens is 1. The number of aromatic carboxylic acids is 1. The van der Waals surface area contributed by atoms with E-state index in [1.54, 1.807) is 11.0 Å². The molecule has 1 aromatic heterocycles. The molecule has 1 aromatic carbocycles. The minimum absolute atomic E-state index is 0.0560. The maximum absolute atomic E-state index is 13.7. The average molecular weight is 320 g/mol. The maximum Gasteiger partial charge on any atom is 0.339 e. The third-order valence-electron chi connectivity index (χ3n) is 4.41. The molecule has 2 aromatic rings. The molecule has 0 amide bonds. The molecule has 1 saturated heterocycles. The molecular formula is C17H18F2N2O2. The summed E-state index contributed by atoms with van der Waals surface area (Å²) >= 11 is 0. The predicted molar refractivity (Wildman–Crippen MR) is 84.4 cm³/mol. The van der Waals surface area contributed by atoms with Crippen molar-refractivity contribution in [3.05, 3.63) is 35.4 Å². The predicted octanol–water partition coefficient (Wildman–Crippen LogP) is 3.72. The van der Waals surface area contributed by atoms with Gasteiger partial charge in [0.1, 0.15) is 11.4 Å². The number of rotatable bonds is 2. The number of hydrogen-bond acceptors (Lipinski definition) is 3. The van der Waals surface area contributed by atoms with Crippen LogP contribution in [0.2, 0.25) is 0 Å². The minimum atomic E-state index is -2.71. The fourth-order valence-electron chi connectivity index (χ4n) is 2.96. The second-order valence-corrected chi connectivity index (χ2v) is 6.22. The van der Waals surface area contributed by atoms with Crippen molar-refractivity contribution in [2.24, 2.45) is 5.92 Å². The Labute approximate surface area is 132 Å². The Morgan fingerprint density at radius 1 is 1.39 bits per heavy atom. The highest BCUT2D eigenvalue weighted by atomic mass is 19.3. The Hall–Kier alpha value is -2.24. The van der Waals surface area contributed by atoms with Gasteiger partial charge in [0.25, 0.3) is 5.92 Å². The highest BCUT2D eigenvalue weighted by molar-refractivity contribution is 5.98. The quantitative estimate of drug-likeness (QED) is 0.916. The number of fused-ring (bicyclic) bond motifs is 1. The van der Waals surface area contributed by atoms with E-state index in [0.29, 0.717) is 5.52 Å². The smallest absolute Gasteiger partial charge is 0.339 e. The van der Waals surface area contributed by atoms with Crippen LogP contribution in [0, 0.1) is 12.8 Å². The molecule has 1 unspecified atom stereocenters. The molecule has 1 atom stereocenters. The van der Waals surface area contributed by atoms with Gasteiger partial charge in [-0.3, -0.25) is 0 Å². The molecule has 0 aliphatic carbocycles. The van der Waals surface area contributed by atoms with Crippen LogP contribution in [0.15, 0.2) is 24.3 Å². The van der Waals surface area contributed by atoms with E-state index in [4.69, 9.17) is 0 Å². The third kappa shape index (κ3) is 2.85. The van der Waals surface area contributed by atoms with Crippen molar-refractivity contribution < 1.29 is 18.7 Å². The number of hydrogen-bond donors (Lipinski definition) is 1. The SMILES string of the molecule is Cc1ccc2nc(N3CCC(F)(F)C(C)C3)c(C(=O)O)cc2c1. The Morgan fingerprint density at radius 3 is 2.78 bits per heavy atom. The Morgan fingerprint density at radius 2 is 2.13 bits per heavy atom. The fraction of sp³-hybridized carbons (Fsp3) is 0.412. The molecule has 0 radical (unpaired) electrons. The molecule has 122 valence electrons. The van der Waals surface area contributed by atoms with E-state index in [2.05, 4.69) is 4.98 Å². The molecule has 1 N–H and O–H groups in total. The van der Waals surface area contributed by atoms with Gasteiger partial charge in [-0.25, -0.2) is 18.6 Å². The lowest BCUT2D eigenvalue weighted by molar-refractivity contribution is -0.0652. The standard InChI is InChI=1S/C17H18F2N2O2/c1-10-3-4-14-12(7-10)8-13(16(22)23)15(20-14)21-6-5-17(18,19)11(2)9-21/h3-4,7-8,11H,5-6,9H2,1-2H3,(H,22,23). The first-order valence-electron chi connectivity index (χ1n) is 7.55. The second-order valence-electron chi connectivity index (χ2n) is 6.22. The van der Waals surface area contributed by atoms with Gasteiger partial charge in [-0.15, -0.1) is 0 Å². The van der Waals surface area contributed by atoms with Crippen LogP contribution in [-0.4, -0.2) is 35.1 Å². The zero-order valence-electron chi connectivity index (χ0n) is 13.0. The summed E-state index contributed by atoms with van der Waals surface area (Å²) in [5.41, 5.74) is 1.73. The number of pyridine rings is 1. The molecule has 4 nitrogen and oxygen atoms in total. The molecule has 0 bridgehead atoms. The van der Waals surface area contributed by atoms with Crippen LogP contribution in [0.3, 0.4) is 0 Å². The van der Waals surface area contributed by atoms with Crippen LogP contribution in [0.25, 0.3) is 10.9 Å². The van der Waals surface area contributed by atoms with Crippen molar-refractivity contribution in [2.45, 2.75) is 26.2 Å². The monoisotopic (exact) mass is 320 g/mol. The van der Waals surface area contributed by atoms with E-state index in [1.165, 1.54) is 6.92 Å². The summed E-state index contributed by atoms with van der Waals surface area (Å²) in [6, 6.07) is 7.16. The van der Waals surface area contributed by atoms with E-state index in [0.717, 1.165) is 10.9 Å². The first kappa shape index (κ1) is 15.6. The molecular weight excluding hydrogens is 302 g/mol. The van der Waals surface area contributed by atoms with Crippen molar-refractivity contribution in [3.63, 3.8) is 0 Å². The molecule has 3 rings (SSSR count). The maximum atomic E-state index is 13.7. The number of benzene rings is 1. The average Bonchev–Trinajstić information content (AvgIpc) is 2.48. The highest BCUT2D eigenvalue weighted by Crippen LogP contribution is 2.36. The van der Waals surface area contributed by atoms with E-state index in [9.17, 15) is 18.7 Å². The van der Waals surface area contributed by atoms with Crippen molar-refractivity contribution in [1.29, 1.82) is 0 Å². The van der Waals surface area contributed by atoms with E-state index < -0.39 is 17.8 Å². The highest BCUT2D eigenvalue weighted by Gasteiger charge is 2.42. The van der Waals surface area contributed by atoms with Crippen LogP contribution >= 0.6 is 0 Å². The van der Waals surface area contributed by atoms with Crippen molar-refractivity contribution in [1.82, 2.24) is 4.98 Å². The number of nitrogens with zero attached hydrogens (tertiary/aromatic N) is 2. The number of piperidine rings is 1. The second kappa shape index (κ2) is 5.44. The van der Waals surface area contributed by atoms with Gasteiger partial charge in [0.15, 0.2) is 0 Å². The number of carbonyl (C=O) groups is 1. The summed E-state index contributed by atoms with van der Waals surface area (Å²) in [6.45, 7) is 3.60. The lowest BCUT2D eigenvalue weighted by Crippen LogP contribution is -2.46. The molecule has 0 saturated carbocycles. The van der Waals surface area contributed by atoms with Gasteiger partial charge >= 0.3 is 5.97 Å². The van der Waals surface area contributed by atoms with Gasteiger partial charge in [0.2, 0.25) is 0 Å². The first-order valence-corrected chi connectivity index (χ1v) is 7.55. The van der Waals surface area contributed by atoms with Crippen molar-refractivity contribution >= 4 is 22.7 Å². The van der Waals surface area contributed by atoms with E-state index >= 15 is 0 Å². The van der Waals surface area contributed by atoms with E-state index in [-0.39, 0.29) is 30.9 Å². The van der Waals surface area contributed by atoms with Crippen LogP contribution in [0.4, 0.5) is 14.6 Å². The molecule has 1 fully saturated rings. The zero-order valence-corrected chi connectivity index (χ0v) is 13.0. The van der Waals surface area contributed by atoms with Crippen LogP contribution in [0.1, 0.15) is 29.3 Å². The van der Waals surface area contributed by atoms with Gasteiger partial charge in [-0.2, -0.15) is 0 Å². The minimum Gasteiger partial charge on any atom is -0.478 e. The molecule has 2 heterocycles. The molecule has 23 heavy (non-hydrogen) atoms. The topological polar surface area (TPSA) is 53.4 Å². The summed E-state index contributed by atoms with van der Waals surface area (Å²) in [6.07, 6.45) is -0.291. The fourth-order valence-corrected chi connectivity index (χ4v) is 2.96. The summed E-state index contributed by atoms with van der Waals surface area (Å²) in [4.78, 5) is 17.7. The van der Waals surface area contributed by atoms with Crippen molar-refractivity contribution in [3.8, 4) is 0 Å². The number of anilines is 1. The number of carboxylic acids is 1. The lowest BCUT2D eigenvalue weighted by atomic mass is 9.95. The van der Waals surface area contributed by atoms with Crippen LogP contribution in [0.5, 0.6) is 0 Å². The Bertz CT molecular complexity index is 777. The number of aryl methyl sites for hydroxylation is 1. The number of alkyl halides is 2. The van der Waals surface area contributed by atoms with Crippen LogP contribution in [-0.2, 0) is 0 Å². The number of halogens is 2. The van der Waals surface area contributed by atoms with Gasteiger partial charge in [0, 0.05) is 30.8 Å². The zero-order chi connectivity index (χ0) is 16.8. The van der Waals surface area contributed by atoms with Gasteiger partial charge in [-0.05, 0) is 25.1 Å². The van der Waals surface area contributed by atoms with Gasteiger partial charge in [0.05, 0.1) is 5.52 Å². The third-order valence-corrected chi connectivity index (χ3v) is 4.41. The molecule has 0 spiro atoms.